The maximum Gasteiger partial charge on any atom is 0.309 e. The summed E-state index contributed by atoms with van der Waals surface area (Å²) in [6.45, 7) is 4.38. The third-order valence-corrected chi connectivity index (χ3v) is 3.13. The molecule has 7 heteroatoms. The van der Waals surface area contributed by atoms with Crippen LogP contribution in [0.4, 0.5) is 0 Å². The number of carboxylic acid groups (broad SMARTS) is 1. The highest BCUT2D eigenvalue weighted by Crippen LogP contribution is 2.23. The van der Waals surface area contributed by atoms with E-state index in [0.29, 0.717) is 6.42 Å². The van der Waals surface area contributed by atoms with Crippen LogP contribution in [0.15, 0.2) is 0 Å². The molecule has 1 unspecified atom stereocenters. The Labute approximate surface area is 110 Å². The van der Waals surface area contributed by atoms with Crippen molar-refractivity contribution < 1.29 is 24.3 Å². The topological polar surface area (TPSA) is 104 Å². The number of carbonyl (C=O) groups excluding carboxylic acids is 3. The van der Waals surface area contributed by atoms with Crippen molar-refractivity contribution in [2.75, 3.05) is 6.54 Å². The zero-order valence-electron chi connectivity index (χ0n) is 11.2. The summed E-state index contributed by atoms with van der Waals surface area (Å²) < 4.78 is 0. The van der Waals surface area contributed by atoms with Crippen LogP contribution < -0.4 is 5.32 Å². The zero-order chi connectivity index (χ0) is 14.8. The average molecular weight is 270 g/mol. The van der Waals surface area contributed by atoms with Gasteiger partial charge in [-0.1, -0.05) is 6.92 Å². The second-order valence-electron chi connectivity index (χ2n) is 5.22. The summed E-state index contributed by atoms with van der Waals surface area (Å²) in [5.41, 5.74) is -1.23. The first-order valence-electron chi connectivity index (χ1n) is 6.05. The quantitative estimate of drug-likeness (QED) is 0.686. The van der Waals surface area contributed by atoms with Crippen molar-refractivity contribution in [1.82, 2.24) is 10.2 Å². The normalized spacial score (nSPS) is 20.2. The van der Waals surface area contributed by atoms with E-state index < -0.39 is 35.1 Å². The molecule has 1 aliphatic heterocycles. The van der Waals surface area contributed by atoms with Crippen LogP contribution in [0.5, 0.6) is 0 Å². The second-order valence-corrected chi connectivity index (χ2v) is 5.22. The van der Waals surface area contributed by atoms with Crippen molar-refractivity contribution in [2.45, 2.75) is 39.7 Å². The number of imide groups is 1. The van der Waals surface area contributed by atoms with Gasteiger partial charge >= 0.3 is 5.97 Å². The molecule has 3 amide bonds. The number of aliphatic carboxylic acids is 1. The van der Waals surface area contributed by atoms with Crippen LogP contribution in [0.2, 0.25) is 0 Å². The molecule has 7 nitrogen and oxygen atoms in total. The highest BCUT2D eigenvalue weighted by Gasteiger charge is 2.39. The molecule has 1 rings (SSSR count). The van der Waals surface area contributed by atoms with Crippen molar-refractivity contribution in [3.63, 3.8) is 0 Å². The molecular weight excluding hydrogens is 252 g/mol. The molecule has 0 aliphatic carbocycles. The molecule has 1 atom stereocenters. The van der Waals surface area contributed by atoms with Crippen molar-refractivity contribution in [3.8, 4) is 0 Å². The van der Waals surface area contributed by atoms with E-state index in [4.69, 9.17) is 5.11 Å². The van der Waals surface area contributed by atoms with E-state index >= 15 is 0 Å². The first kappa shape index (κ1) is 15.1. The second kappa shape index (κ2) is 5.38. The minimum absolute atomic E-state index is 0.210. The van der Waals surface area contributed by atoms with Gasteiger partial charge < -0.3 is 10.0 Å². The maximum absolute atomic E-state index is 12.1. The third-order valence-electron chi connectivity index (χ3n) is 3.13. The predicted octanol–water partition coefficient (Wildman–Crippen LogP) is -0.249. The Morgan fingerprint density at radius 2 is 2.00 bits per heavy atom. The Morgan fingerprint density at radius 3 is 2.47 bits per heavy atom. The predicted molar refractivity (Wildman–Crippen MR) is 65.0 cm³/mol. The van der Waals surface area contributed by atoms with E-state index in [0.717, 1.165) is 4.90 Å². The van der Waals surface area contributed by atoms with E-state index in [1.54, 1.807) is 6.92 Å². The highest BCUT2D eigenvalue weighted by molar-refractivity contribution is 6.04. The van der Waals surface area contributed by atoms with Gasteiger partial charge in [-0.15, -0.1) is 0 Å². The largest absolute Gasteiger partial charge is 0.481 e. The Bertz CT molecular complexity index is 430. The number of carbonyl (C=O) groups is 4. The summed E-state index contributed by atoms with van der Waals surface area (Å²) in [6, 6.07) is -0.713. The van der Waals surface area contributed by atoms with Gasteiger partial charge in [0.25, 0.3) is 0 Å². The molecule has 0 radical (unpaired) electrons. The maximum atomic E-state index is 12.1. The van der Waals surface area contributed by atoms with E-state index in [2.05, 4.69) is 5.32 Å². The highest BCUT2D eigenvalue weighted by atomic mass is 16.4. The van der Waals surface area contributed by atoms with Crippen molar-refractivity contribution in [2.24, 2.45) is 5.41 Å². The molecule has 1 heterocycles. The molecule has 0 saturated carbocycles. The van der Waals surface area contributed by atoms with Gasteiger partial charge in [0.05, 0.1) is 5.41 Å². The lowest BCUT2D eigenvalue weighted by molar-refractivity contribution is -0.155. The van der Waals surface area contributed by atoms with Gasteiger partial charge in [-0.2, -0.15) is 0 Å². The number of carboxylic acids is 1. The Hall–Kier alpha value is -1.92. The van der Waals surface area contributed by atoms with Gasteiger partial charge in [-0.05, 0) is 20.3 Å². The molecule has 0 aromatic carbocycles. The molecule has 19 heavy (non-hydrogen) atoms. The van der Waals surface area contributed by atoms with Gasteiger partial charge in [0.15, 0.2) is 0 Å². The fourth-order valence-electron chi connectivity index (χ4n) is 1.89. The number of hydrogen-bond acceptors (Lipinski definition) is 4. The first-order valence-corrected chi connectivity index (χ1v) is 6.05. The Morgan fingerprint density at radius 1 is 1.42 bits per heavy atom. The van der Waals surface area contributed by atoms with Crippen molar-refractivity contribution in [3.05, 3.63) is 0 Å². The Balaban J connectivity index is 2.87. The fraction of sp³-hybridized carbons (Fsp3) is 0.667. The minimum Gasteiger partial charge on any atom is -0.481 e. The fourth-order valence-corrected chi connectivity index (χ4v) is 1.89. The summed E-state index contributed by atoms with van der Waals surface area (Å²) in [6.07, 6.45) is 0.123. The van der Waals surface area contributed by atoms with Crippen LogP contribution in [0.25, 0.3) is 0 Å². The molecule has 1 saturated heterocycles. The number of nitrogens with one attached hydrogen (secondary N) is 1. The van der Waals surface area contributed by atoms with Gasteiger partial charge in [0.2, 0.25) is 17.7 Å². The van der Waals surface area contributed by atoms with Crippen LogP contribution >= 0.6 is 0 Å². The summed E-state index contributed by atoms with van der Waals surface area (Å²) in [4.78, 5) is 47.2. The van der Waals surface area contributed by atoms with E-state index in [-0.39, 0.29) is 13.0 Å². The summed E-state index contributed by atoms with van der Waals surface area (Å²) in [5.74, 6) is -2.65. The van der Waals surface area contributed by atoms with E-state index in [1.165, 1.54) is 13.8 Å². The van der Waals surface area contributed by atoms with Crippen molar-refractivity contribution in [1.29, 1.82) is 0 Å². The summed E-state index contributed by atoms with van der Waals surface area (Å²) in [7, 11) is 0. The lowest BCUT2D eigenvalue weighted by atomic mass is 9.88. The molecule has 0 aromatic rings. The van der Waals surface area contributed by atoms with E-state index in [1.807, 2.05) is 0 Å². The Kier molecular flexibility index (Phi) is 4.28. The smallest absolute Gasteiger partial charge is 0.309 e. The molecule has 1 aliphatic rings. The standard InChI is InChI=1S/C12H18N2O5/c1-4-7-10(17)13-8(15)6-14(7)9(16)5-12(2,3)11(18)19/h7H,4-6H2,1-3H3,(H,18,19)(H,13,15,17). The van der Waals surface area contributed by atoms with Gasteiger partial charge in [-0.25, -0.2) is 0 Å². The lowest BCUT2D eigenvalue weighted by Gasteiger charge is -2.34. The van der Waals surface area contributed by atoms with Crippen LogP contribution in [0, 0.1) is 5.41 Å². The molecule has 1 fully saturated rings. The number of amides is 3. The van der Waals surface area contributed by atoms with Gasteiger partial charge in [-0.3, -0.25) is 24.5 Å². The van der Waals surface area contributed by atoms with Crippen molar-refractivity contribution >= 4 is 23.7 Å². The van der Waals surface area contributed by atoms with Crippen LogP contribution in [-0.4, -0.2) is 46.3 Å². The molecule has 2 N–H and O–H groups in total. The average Bonchev–Trinajstić information content (AvgIpc) is 2.27. The van der Waals surface area contributed by atoms with Gasteiger partial charge in [0.1, 0.15) is 12.6 Å². The molecule has 0 spiro atoms. The molecule has 106 valence electrons. The minimum atomic E-state index is -1.23. The monoisotopic (exact) mass is 270 g/mol. The molecule has 0 aromatic heterocycles. The van der Waals surface area contributed by atoms with Crippen LogP contribution in [0.1, 0.15) is 33.6 Å². The summed E-state index contributed by atoms with van der Waals surface area (Å²) >= 11 is 0. The van der Waals surface area contributed by atoms with Crippen LogP contribution in [-0.2, 0) is 19.2 Å². The van der Waals surface area contributed by atoms with Crippen LogP contribution in [0.3, 0.4) is 0 Å². The van der Waals surface area contributed by atoms with Gasteiger partial charge in [0, 0.05) is 6.42 Å². The number of hydrogen-bond donors (Lipinski definition) is 2. The van der Waals surface area contributed by atoms with E-state index in [9.17, 15) is 19.2 Å². The first-order chi connectivity index (χ1) is 8.69. The SMILES string of the molecule is CCC1C(=O)NC(=O)CN1C(=O)CC(C)(C)C(=O)O. The summed E-state index contributed by atoms with van der Waals surface area (Å²) in [5, 5.41) is 11.2. The lowest BCUT2D eigenvalue weighted by Crippen LogP contribution is -2.60. The zero-order valence-corrected chi connectivity index (χ0v) is 11.2. The third kappa shape index (κ3) is 3.30. The molecule has 0 bridgehead atoms. The number of rotatable bonds is 4. The number of piperazine rings is 1. The number of nitrogens with zero attached hydrogens (tertiary/aromatic N) is 1. The molecular formula is C12H18N2O5.